The van der Waals surface area contributed by atoms with Gasteiger partial charge in [-0.2, -0.15) is 0 Å². The molecule has 0 saturated carbocycles. The van der Waals surface area contributed by atoms with Crippen molar-refractivity contribution in [1.82, 2.24) is 9.80 Å². The molecule has 0 unspecified atom stereocenters. The molecule has 144 valence electrons. The fourth-order valence-corrected chi connectivity index (χ4v) is 4.84. The van der Waals surface area contributed by atoms with Crippen LogP contribution >= 0.6 is 0 Å². The van der Waals surface area contributed by atoms with Crippen LogP contribution in [0.5, 0.6) is 0 Å². The first-order valence-electron chi connectivity index (χ1n) is 9.46. The van der Waals surface area contributed by atoms with Crippen molar-refractivity contribution < 1.29 is 13.2 Å². The Hall–Kier alpha value is -1.40. The van der Waals surface area contributed by atoms with Gasteiger partial charge in [0.25, 0.3) is 0 Å². The molecule has 2 fully saturated rings. The van der Waals surface area contributed by atoms with Crippen LogP contribution in [0.15, 0.2) is 29.2 Å². The van der Waals surface area contributed by atoms with Gasteiger partial charge in [0, 0.05) is 32.3 Å². The number of sulfone groups is 1. The standard InChI is InChI=1S/C20H30N2O3S/c1-16(2)13-22-15-20(12-19(22)23)8-10-21(11-9-20)14-17-4-6-18(7-5-17)26(3,24)25/h4-7,16H,8-15H2,1-3H3. The lowest BCUT2D eigenvalue weighted by Crippen LogP contribution is -2.41. The van der Waals surface area contributed by atoms with Gasteiger partial charge in [0.05, 0.1) is 4.90 Å². The molecule has 2 heterocycles. The molecule has 2 saturated heterocycles. The van der Waals surface area contributed by atoms with E-state index in [0.717, 1.165) is 51.1 Å². The third-order valence-corrected chi connectivity index (χ3v) is 6.79. The van der Waals surface area contributed by atoms with E-state index in [2.05, 4.69) is 23.6 Å². The molecule has 0 aliphatic carbocycles. The summed E-state index contributed by atoms with van der Waals surface area (Å²) in [5, 5.41) is 0. The predicted octanol–water partition coefficient (Wildman–Crippen LogP) is 2.56. The van der Waals surface area contributed by atoms with Gasteiger partial charge in [-0.15, -0.1) is 0 Å². The number of likely N-dealkylation sites (tertiary alicyclic amines) is 2. The van der Waals surface area contributed by atoms with E-state index in [1.54, 1.807) is 12.1 Å². The number of hydrogen-bond acceptors (Lipinski definition) is 4. The van der Waals surface area contributed by atoms with Gasteiger partial charge in [0.15, 0.2) is 9.84 Å². The van der Waals surface area contributed by atoms with E-state index in [4.69, 9.17) is 0 Å². The minimum atomic E-state index is -3.14. The maximum atomic E-state index is 12.3. The van der Waals surface area contributed by atoms with E-state index in [0.29, 0.717) is 23.1 Å². The molecular weight excluding hydrogens is 348 g/mol. The number of piperidine rings is 1. The van der Waals surface area contributed by atoms with Crippen molar-refractivity contribution in [2.75, 3.05) is 32.4 Å². The van der Waals surface area contributed by atoms with E-state index >= 15 is 0 Å². The maximum absolute atomic E-state index is 12.3. The van der Waals surface area contributed by atoms with Crippen molar-refractivity contribution in [2.24, 2.45) is 11.3 Å². The van der Waals surface area contributed by atoms with Crippen molar-refractivity contribution in [3.05, 3.63) is 29.8 Å². The average molecular weight is 379 g/mol. The zero-order valence-electron chi connectivity index (χ0n) is 16.1. The van der Waals surface area contributed by atoms with Crippen LogP contribution in [0.4, 0.5) is 0 Å². The summed E-state index contributed by atoms with van der Waals surface area (Å²) in [6.45, 7) is 8.95. The molecule has 2 aliphatic rings. The molecule has 3 rings (SSSR count). The van der Waals surface area contributed by atoms with Crippen molar-refractivity contribution in [2.45, 2.75) is 44.6 Å². The second-order valence-electron chi connectivity index (χ2n) is 8.54. The van der Waals surface area contributed by atoms with Gasteiger partial charge < -0.3 is 4.90 Å². The number of nitrogens with zero attached hydrogens (tertiary/aromatic N) is 2. The summed E-state index contributed by atoms with van der Waals surface area (Å²) in [4.78, 5) is 17.2. The Morgan fingerprint density at radius 3 is 2.27 bits per heavy atom. The monoisotopic (exact) mass is 378 g/mol. The predicted molar refractivity (Wildman–Crippen MR) is 103 cm³/mol. The summed E-state index contributed by atoms with van der Waals surface area (Å²) in [5.41, 5.74) is 1.31. The first-order valence-corrected chi connectivity index (χ1v) is 11.4. The summed E-state index contributed by atoms with van der Waals surface area (Å²) in [7, 11) is -3.14. The molecule has 26 heavy (non-hydrogen) atoms. The molecule has 1 amide bonds. The summed E-state index contributed by atoms with van der Waals surface area (Å²) < 4.78 is 23.1. The minimum absolute atomic E-state index is 0.169. The van der Waals surface area contributed by atoms with Crippen LogP contribution in [0.1, 0.15) is 38.7 Å². The van der Waals surface area contributed by atoms with Crippen molar-refractivity contribution in [3.63, 3.8) is 0 Å². The van der Waals surface area contributed by atoms with Gasteiger partial charge in [-0.1, -0.05) is 26.0 Å². The number of carbonyl (C=O) groups excluding carboxylic acids is 1. The number of benzene rings is 1. The highest BCUT2D eigenvalue weighted by Crippen LogP contribution is 2.41. The van der Waals surface area contributed by atoms with Crippen molar-refractivity contribution >= 4 is 15.7 Å². The third-order valence-electron chi connectivity index (χ3n) is 5.67. The van der Waals surface area contributed by atoms with E-state index in [-0.39, 0.29) is 5.41 Å². The zero-order chi connectivity index (χ0) is 18.9. The van der Waals surface area contributed by atoms with Crippen molar-refractivity contribution in [1.29, 1.82) is 0 Å². The highest BCUT2D eigenvalue weighted by molar-refractivity contribution is 7.90. The molecule has 0 radical (unpaired) electrons. The molecule has 6 heteroatoms. The Balaban J connectivity index is 1.55. The first-order chi connectivity index (χ1) is 12.2. The zero-order valence-corrected chi connectivity index (χ0v) is 16.9. The van der Waals surface area contributed by atoms with Gasteiger partial charge in [0.2, 0.25) is 5.91 Å². The van der Waals surface area contributed by atoms with E-state index in [1.807, 2.05) is 12.1 Å². The molecule has 0 bridgehead atoms. The third kappa shape index (κ3) is 4.46. The van der Waals surface area contributed by atoms with Gasteiger partial charge in [-0.3, -0.25) is 9.69 Å². The SMILES string of the molecule is CC(C)CN1CC2(CCN(Cc3ccc(S(C)(=O)=O)cc3)CC2)CC1=O. The number of hydrogen-bond donors (Lipinski definition) is 0. The molecule has 0 aromatic heterocycles. The van der Waals surface area contributed by atoms with E-state index in [1.165, 1.54) is 6.26 Å². The molecule has 5 nitrogen and oxygen atoms in total. The number of rotatable bonds is 5. The quantitative estimate of drug-likeness (QED) is 0.790. The summed E-state index contributed by atoms with van der Waals surface area (Å²) in [6, 6.07) is 7.19. The normalized spacial score (nSPS) is 21.1. The molecule has 1 spiro atoms. The highest BCUT2D eigenvalue weighted by atomic mass is 32.2. The second kappa shape index (κ2) is 7.31. The molecule has 0 N–H and O–H groups in total. The summed E-state index contributed by atoms with van der Waals surface area (Å²) in [6.07, 6.45) is 4.07. The van der Waals surface area contributed by atoms with Gasteiger partial charge >= 0.3 is 0 Å². The topological polar surface area (TPSA) is 57.7 Å². The molecular formula is C20H30N2O3S. The van der Waals surface area contributed by atoms with Crippen LogP contribution in [0.3, 0.4) is 0 Å². The summed E-state index contributed by atoms with van der Waals surface area (Å²) >= 11 is 0. The Bertz CT molecular complexity index is 748. The largest absolute Gasteiger partial charge is 0.342 e. The minimum Gasteiger partial charge on any atom is -0.342 e. The lowest BCUT2D eigenvalue weighted by molar-refractivity contribution is -0.128. The smallest absolute Gasteiger partial charge is 0.223 e. The van der Waals surface area contributed by atoms with E-state index in [9.17, 15) is 13.2 Å². The molecule has 0 atom stereocenters. The molecule has 1 aromatic rings. The van der Waals surface area contributed by atoms with Crippen LogP contribution in [0.25, 0.3) is 0 Å². The molecule has 2 aliphatic heterocycles. The Morgan fingerprint density at radius 1 is 1.12 bits per heavy atom. The van der Waals surface area contributed by atoms with Gasteiger partial charge in [0.1, 0.15) is 0 Å². The van der Waals surface area contributed by atoms with Crippen molar-refractivity contribution in [3.8, 4) is 0 Å². The maximum Gasteiger partial charge on any atom is 0.223 e. The van der Waals surface area contributed by atoms with Crippen LogP contribution in [-0.4, -0.2) is 56.6 Å². The Labute approximate surface area is 157 Å². The first kappa shape index (κ1) is 19.4. The highest BCUT2D eigenvalue weighted by Gasteiger charge is 2.44. The van der Waals surface area contributed by atoms with Gasteiger partial charge in [-0.25, -0.2) is 8.42 Å². The second-order valence-corrected chi connectivity index (χ2v) is 10.6. The fourth-order valence-electron chi connectivity index (χ4n) is 4.21. The fraction of sp³-hybridized carbons (Fsp3) is 0.650. The Morgan fingerprint density at radius 2 is 1.73 bits per heavy atom. The lowest BCUT2D eigenvalue weighted by Gasteiger charge is -2.39. The van der Waals surface area contributed by atoms with Gasteiger partial charge in [-0.05, 0) is 55.0 Å². The number of carbonyl (C=O) groups is 1. The van der Waals surface area contributed by atoms with Crippen LogP contribution < -0.4 is 0 Å². The van der Waals surface area contributed by atoms with Crippen LogP contribution in [-0.2, 0) is 21.2 Å². The average Bonchev–Trinajstić information content (AvgIpc) is 2.84. The van der Waals surface area contributed by atoms with Crippen LogP contribution in [0.2, 0.25) is 0 Å². The molecule has 1 aromatic carbocycles. The Kier molecular flexibility index (Phi) is 5.45. The van der Waals surface area contributed by atoms with E-state index < -0.39 is 9.84 Å². The lowest BCUT2D eigenvalue weighted by atomic mass is 9.77. The summed E-state index contributed by atoms with van der Waals surface area (Å²) in [5.74, 6) is 0.840. The number of amides is 1. The van der Waals surface area contributed by atoms with Crippen LogP contribution in [0, 0.1) is 11.3 Å².